The van der Waals surface area contributed by atoms with Gasteiger partial charge in [-0.1, -0.05) is 11.6 Å². The molecule has 0 bridgehead atoms. The van der Waals surface area contributed by atoms with E-state index in [2.05, 4.69) is 9.97 Å². The highest BCUT2D eigenvalue weighted by molar-refractivity contribution is 6.30. The van der Waals surface area contributed by atoms with Crippen LogP contribution in [0.3, 0.4) is 0 Å². The van der Waals surface area contributed by atoms with Crippen molar-refractivity contribution < 1.29 is 9.53 Å². The molecule has 2 rings (SSSR count). The second-order valence-electron chi connectivity index (χ2n) is 4.44. The molecular formula is C14H14ClN3O2. The van der Waals surface area contributed by atoms with Gasteiger partial charge in [-0.25, -0.2) is 9.78 Å². The Labute approximate surface area is 122 Å². The summed E-state index contributed by atoms with van der Waals surface area (Å²) in [7, 11) is 3.22. The van der Waals surface area contributed by atoms with Crippen LogP contribution < -0.4 is 4.74 Å². The quantitative estimate of drug-likeness (QED) is 0.853. The zero-order valence-corrected chi connectivity index (χ0v) is 12.2. The summed E-state index contributed by atoms with van der Waals surface area (Å²) in [6.45, 7) is 1.81. The third kappa shape index (κ3) is 3.45. The number of hydrogen-bond donors (Lipinski definition) is 0. The molecule has 0 aliphatic heterocycles. The molecule has 6 heteroatoms. The van der Waals surface area contributed by atoms with Crippen LogP contribution in [0.5, 0.6) is 5.88 Å². The molecule has 0 atom stereocenters. The second kappa shape index (κ2) is 5.88. The third-order valence-corrected chi connectivity index (χ3v) is 2.74. The smallest absolute Gasteiger partial charge is 0.391 e. The number of benzene rings is 1. The van der Waals surface area contributed by atoms with E-state index in [0.717, 1.165) is 5.56 Å². The molecule has 0 fully saturated rings. The van der Waals surface area contributed by atoms with E-state index in [0.29, 0.717) is 16.5 Å². The zero-order chi connectivity index (χ0) is 14.7. The van der Waals surface area contributed by atoms with Crippen molar-refractivity contribution in [3.05, 3.63) is 41.0 Å². The first kappa shape index (κ1) is 14.3. The lowest BCUT2D eigenvalue weighted by Crippen LogP contribution is -2.25. The first-order valence-corrected chi connectivity index (χ1v) is 6.34. The maximum Gasteiger partial charge on any atom is 0.416 e. The van der Waals surface area contributed by atoms with Gasteiger partial charge in [-0.15, -0.1) is 0 Å². The molecule has 0 radical (unpaired) electrons. The molecule has 1 heterocycles. The van der Waals surface area contributed by atoms with Gasteiger partial charge in [0.05, 0.1) is 0 Å². The molecule has 2 aromatic rings. The molecule has 0 aliphatic carbocycles. The summed E-state index contributed by atoms with van der Waals surface area (Å²) >= 11 is 5.85. The lowest BCUT2D eigenvalue weighted by molar-refractivity contribution is 0.170. The van der Waals surface area contributed by atoms with Crippen LogP contribution in [0.1, 0.15) is 5.69 Å². The molecule has 20 heavy (non-hydrogen) atoms. The van der Waals surface area contributed by atoms with Gasteiger partial charge in [-0.2, -0.15) is 4.98 Å². The molecule has 104 valence electrons. The van der Waals surface area contributed by atoms with Gasteiger partial charge in [0.15, 0.2) is 5.82 Å². The Morgan fingerprint density at radius 2 is 1.85 bits per heavy atom. The average Bonchev–Trinajstić information content (AvgIpc) is 2.38. The van der Waals surface area contributed by atoms with E-state index in [1.165, 1.54) is 4.90 Å². The number of hydrogen-bond acceptors (Lipinski definition) is 4. The topological polar surface area (TPSA) is 55.3 Å². The molecule has 0 unspecified atom stereocenters. The summed E-state index contributed by atoms with van der Waals surface area (Å²) in [4.78, 5) is 21.4. The number of carbonyl (C=O) groups excluding carboxylic acids is 1. The molecule has 1 aromatic heterocycles. The van der Waals surface area contributed by atoms with E-state index in [1.807, 2.05) is 19.1 Å². The molecule has 0 N–H and O–H groups in total. The Balaban J connectivity index is 2.33. The van der Waals surface area contributed by atoms with Crippen molar-refractivity contribution in [2.24, 2.45) is 0 Å². The van der Waals surface area contributed by atoms with Gasteiger partial charge in [-0.05, 0) is 31.2 Å². The van der Waals surface area contributed by atoms with E-state index in [1.54, 1.807) is 32.3 Å². The van der Waals surface area contributed by atoms with Crippen molar-refractivity contribution in [2.45, 2.75) is 6.92 Å². The van der Waals surface area contributed by atoms with Gasteiger partial charge < -0.3 is 9.64 Å². The normalized spacial score (nSPS) is 10.2. The minimum absolute atomic E-state index is 0.223. The molecule has 0 spiro atoms. The lowest BCUT2D eigenvalue weighted by Gasteiger charge is -2.11. The second-order valence-corrected chi connectivity index (χ2v) is 4.88. The molecule has 5 nitrogen and oxygen atoms in total. The third-order valence-electron chi connectivity index (χ3n) is 2.49. The van der Waals surface area contributed by atoms with Crippen LogP contribution in [0.15, 0.2) is 30.3 Å². The van der Waals surface area contributed by atoms with Gasteiger partial charge in [-0.3, -0.25) is 0 Å². The van der Waals surface area contributed by atoms with Crippen LogP contribution >= 0.6 is 11.6 Å². The highest BCUT2D eigenvalue weighted by Crippen LogP contribution is 2.21. The molecule has 1 aromatic carbocycles. The summed E-state index contributed by atoms with van der Waals surface area (Å²) in [5.41, 5.74) is 1.52. The first-order chi connectivity index (χ1) is 9.45. The van der Waals surface area contributed by atoms with Crippen LogP contribution in [0, 0.1) is 6.92 Å². The average molecular weight is 292 g/mol. The van der Waals surface area contributed by atoms with E-state index < -0.39 is 6.09 Å². The Morgan fingerprint density at radius 1 is 1.20 bits per heavy atom. The van der Waals surface area contributed by atoms with E-state index >= 15 is 0 Å². The minimum Gasteiger partial charge on any atom is -0.391 e. The summed E-state index contributed by atoms with van der Waals surface area (Å²) in [6, 6.07) is 8.76. The van der Waals surface area contributed by atoms with E-state index in [-0.39, 0.29) is 5.88 Å². The first-order valence-electron chi connectivity index (χ1n) is 5.96. The highest BCUT2D eigenvalue weighted by atomic mass is 35.5. The van der Waals surface area contributed by atoms with Gasteiger partial charge in [0, 0.05) is 36.4 Å². The van der Waals surface area contributed by atoms with Gasteiger partial charge in [0.25, 0.3) is 0 Å². The van der Waals surface area contributed by atoms with Gasteiger partial charge in [0.1, 0.15) is 0 Å². The number of carbonyl (C=O) groups is 1. The van der Waals surface area contributed by atoms with Gasteiger partial charge >= 0.3 is 6.09 Å². The van der Waals surface area contributed by atoms with Crippen LogP contribution in [0.4, 0.5) is 4.79 Å². The summed E-state index contributed by atoms with van der Waals surface area (Å²) < 4.78 is 5.15. The Bertz CT molecular complexity index is 627. The maximum atomic E-state index is 11.5. The summed E-state index contributed by atoms with van der Waals surface area (Å²) in [5.74, 6) is 0.712. The number of ether oxygens (including phenoxy) is 1. The van der Waals surface area contributed by atoms with Gasteiger partial charge in [0.2, 0.25) is 5.88 Å². The van der Waals surface area contributed by atoms with Crippen LogP contribution in [0.25, 0.3) is 11.4 Å². The number of nitrogens with zero attached hydrogens (tertiary/aromatic N) is 3. The number of rotatable bonds is 2. The van der Waals surface area contributed by atoms with Crippen LogP contribution in [-0.2, 0) is 0 Å². The Kier molecular flexibility index (Phi) is 4.20. The fourth-order valence-corrected chi connectivity index (χ4v) is 1.63. The molecule has 0 aliphatic rings. The molecule has 0 saturated heterocycles. The van der Waals surface area contributed by atoms with E-state index in [9.17, 15) is 4.79 Å². The molecule has 0 saturated carbocycles. The number of aryl methyl sites for hydroxylation is 1. The van der Waals surface area contributed by atoms with Crippen LogP contribution in [-0.4, -0.2) is 35.1 Å². The predicted octanol–water partition coefficient (Wildman–Crippen LogP) is 3.17. The predicted molar refractivity (Wildman–Crippen MR) is 76.9 cm³/mol. The van der Waals surface area contributed by atoms with Crippen molar-refractivity contribution in [2.75, 3.05) is 14.1 Å². The van der Waals surface area contributed by atoms with Crippen molar-refractivity contribution in [1.82, 2.24) is 14.9 Å². The standard InChI is InChI=1S/C14H14ClN3O2/c1-9-8-12(20-14(19)18(2)3)17-13(16-9)10-4-6-11(15)7-5-10/h4-8H,1-3H3. The highest BCUT2D eigenvalue weighted by Gasteiger charge is 2.11. The summed E-state index contributed by atoms with van der Waals surface area (Å²) in [5, 5.41) is 0.640. The Morgan fingerprint density at radius 3 is 2.45 bits per heavy atom. The maximum absolute atomic E-state index is 11.5. The molecular weight excluding hydrogens is 278 g/mol. The number of aromatic nitrogens is 2. The largest absolute Gasteiger partial charge is 0.416 e. The molecule has 1 amide bonds. The van der Waals surface area contributed by atoms with Crippen molar-refractivity contribution in [1.29, 1.82) is 0 Å². The zero-order valence-electron chi connectivity index (χ0n) is 11.4. The Hall–Kier alpha value is -2.14. The number of halogens is 1. The minimum atomic E-state index is -0.481. The lowest BCUT2D eigenvalue weighted by atomic mass is 10.2. The summed E-state index contributed by atoms with van der Waals surface area (Å²) in [6.07, 6.45) is -0.481. The number of amides is 1. The van der Waals surface area contributed by atoms with Crippen molar-refractivity contribution in [3.63, 3.8) is 0 Å². The fraction of sp³-hybridized carbons (Fsp3) is 0.214. The van der Waals surface area contributed by atoms with Crippen LogP contribution in [0.2, 0.25) is 5.02 Å². The fourth-order valence-electron chi connectivity index (χ4n) is 1.50. The SMILES string of the molecule is Cc1cc(OC(=O)N(C)C)nc(-c2ccc(Cl)cc2)n1. The van der Waals surface area contributed by atoms with Crippen molar-refractivity contribution in [3.8, 4) is 17.3 Å². The van der Waals surface area contributed by atoms with E-state index in [4.69, 9.17) is 16.3 Å². The van der Waals surface area contributed by atoms with Crippen molar-refractivity contribution >= 4 is 17.7 Å². The monoisotopic (exact) mass is 291 g/mol.